The molecule has 182 valence electrons. The number of ether oxygens (including phenoxy) is 1. The summed E-state index contributed by atoms with van der Waals surface area (Å²) in [6.07, 6.45) is 7.60. The third-order valence-electron chi connectivity index (χ3n) is 9.16. The molecule has 0 radical (unpaired) electrons. The Morgan fingerprint density at radius 3 is 2.47 bits per heavy atom. The molecule has 3 unspecified atom stereocenters. The number of hydrogen-bond donors (Lipinski definition) is 1. The molecular weight excluding hydrogens is 428 g/mol. The molecule has 1 aromatic carbocycles. The van der Waals surface area contributed by atoms with E-state index >= 15 is 0 Å². The van der Waals surface area contributed by atoms with Gasteiger partial charge in [0.2, 0.25) is 6.41 Å². The van der Waals surface area contributed by atoms with E-state index in [4.69, 9.17) is 4.74 Å². The number of nitrogens with zero attached hydrogens (tertiary/aromatic N) is 3. The first-order valence-corrected chi connectivity index (χ1v) is 13.0. The highest BCUT2D eigenvalue weighted by Crippen LogP contribution is 2.44. The average Bonchev–Trinajstić information content (AvgIpc) is 3.31. The van der Waals surface area contributed by atoms with Crippen LogP contribution in [0.4, 0.5) is 0 Å². The lowest BCUT2D eigenvalue weighted by molar-refractivity contribution is -0.130. The maximum Gasteiger partial charge on any atom is 0.273 e. The van der Waals surface area contributed by atoms with Crippen molar-refractivity contribution in [2.24, 2.45) is 0 Å². The number of carbonyl (C=O) groups excluding carboxylic acids is 2. The van der Waals surface area contributed by atoms with Crippen molar-refractivity contribution in [2.75, 3.05) is 19.6 Å². The van der Waals surface area contributed by atoms with Crippen molar-refractivity contribution in [3.8, 4) is 0 Å². The lowest BCUT2D eigenvalue weighted by atomic mass is 9.68. The number of rotatable bonds is 3. The van der Waals surface area contributed by atoms with E-state index in [0.717, 1.165) is 64.6 Å². The molecule has 1 aromatic rings. The van der Waals surface area contributed by atoms with Crippen molar-refractivity contribution in [3.63, 3.8) is 0 Å². The van der Waals surface area contributed by atoms with Gasteiger partial charge in [-0.25, -0.2) is 0 Å². The summed E-state index contributed by atoms with van der Waals surface area (Å²) in [5.74, 6) is 0.743. The molecule has 3 atom stereocenters. The van der Waals surface area contributed by atoms with Gasteiger partial charge in [-0.2, -0.15) is 0 Å². The van der Waals surface area contributed by atoms with E-state index in [1.807, 2.05) is 18.7 Å². The number of allylic oxidation sites excluding steroid dienone is 1. The molecule has 1 N–H and O–H groups in total. The zero-order chi connectivity index (χ0) is 23.4. The van der Waals surface area contributed by atoms with Gasteiger partial charge in [0, 0.05) is 36.6 Å². The number of likely N-dealkylation sites (tertiary alicyclic amines) is 1. The molecule has 5 aliphatic heterocycles. The van der Waals surface area contributed by atoms with E-state index in [0.29, 0.717) is 36.1 Å². The van der Waals surface area contributed by atoms with Crippen molar-refractivity contribution in [1.29, 1.82) is 0 Å². The first-order valence-electron chi connectivity index (χ1n) is 13.0. The SMILES string of the molecule is CC1=C(C(=O)N2Cc3ccccc3C3(CCN(C4CC5CCC(C4)N5C=O)CC3)C2)NC(C)O1. The molecule has 7 heteroatoms. The lowest BCUT2D eigenvalue weighted by Crippen LogP contribution is -2.57. The minimum Gasteiger partial charge on any atom is -0.473 e. The van der Waals surface area contributed by atoms with Gasteiger partial charge >= 0.3 is 0 Å². The predicted octanol–water partition coefficient (Wildman–Crippen LogP) is 2.71. The Bertz CT molecular complexity index is 1000. The lowest BCUT2D eigenvalue weighted by Gasteiger charge is -2.51. The molecule has 0 aliphatic carbocycles. The van der Waals surface area contributed by atoms with E-state index in [2.05, 4.69) is 39.4 Å². The maximum absolute atomic E-state index is 13.5. The zero-order valence-corrected chi connectivity index (χ0v) is 20.3. The molecule has 6 rings (SSSR count). The van der Waals surface area contributed by atoms with Crippen LogP contribution in [-0.4, -0.2) is 71.0 Å². The standard InChI is InChI=1S/C27H36N4O3/c1-18-25(28-19(2)34-18)26(33)30-15-20-5-3-4-6-24(20)27(16-30)9-11-29(12-10-27)23-13-21-7-8-22(14-23)31(21)17-32/h3-6,17,19,21-23,28H,7-16H2,1-2H3. The second-order valence-corrected chi connectivity index (χ2v) is 11.0. The minimum atomic E-state index is -0.158. The largest absolute Gasteiger partial charge is 0.473 e. The number of amides is 2. The first-order chi connectivity index (χ1) is 16.5. The first kappa shape index (κ1) is 22.0. The molecule has 0 saturated carbocycles. The Hall–Kier alpha value is -2.54. The topological polar surface area (TPSA) is 65.1 Å². The van der Waals surface area contributed by atoms with Crippen molar-refractivity contribution < 1.29 is 14.3 Å². The van der Waals surface area contributed by atoms with Crippen LogP contribution in [0.25, 0.3) is 0 Å². The fourth-order valence-corrected chi connectivity index (χ4v) is 7.46. The van der Waals surface area contributed by atoms with Gasteiger partial charge < -0.3 is 24.8 Å². The summed E-state index contributed by atoms with van der Waals surface area (Å²) in [6, 6.07) is 10.2. The quantitative estimate of drug-likeness (QED) is 0.697. The van der Waals surface area contributed by atoms with E-state index in [1.165, 1.54) is 11.1 Å². The van der Waals surface area contributed by atoms with E-state index in [9.17, 15) is 9.59 Å². The molecule has 3 fully saturated rings. The van der Waals surface area contributed by atoms with Crippen LogP contribution in [0.5, 0.6) is 0 Å². The summed E-state index contributed by atoms with van der Waals surface area (Å²) in [6.45, 7) is 7.33. The number of nitrogens with one attached hydrogen (secondary N) is 1. The summed E-state index contributed by atoms with van der Waals surface area (Å²) in [7, 11) is 0. The Morgan fingerprint density at radius 1 is 1.12 bits per heavy atom. The van der Waals surface area contributed by atoms with Crippen LogP contribution in [0, 0.1) is 0 Å². The van der Waals surface area contributed by atoms with Crippen molar-refractivity contribution >= 4 is 12.3 Å². The fourth-order valence-electron chi connectivity index (χ4n) is 7.46. The van der Waals surface area contributed by atoms with Crippen LogP contribution in [-0.2, 0) is 26.3 Å². The van der Waals surface area contributed by atoms with Crippen molar-refractivity contribution in [3.05, 3.63) is 46.8 Å². The van der Waals surface area contributed by atoms with Gasteiger partial charge in [0.1, 0.15) is 11.5 Å². The molecule has 0 aromatic heterocycles. The number of benzene rings is 1. The molecule has 1 spiro atoms. The zero-order valence-electron chi connectivity index (χ0n) is 20.3. The average molecular weight is 465 g/mol. The fraction of sp³-hybridized carbons (Fsp3) is 0.630. The molecule has 7 nitrogen and oxygen atoms in total. The Labute approximate surface area is 202 Å². The van der Waals surface area contributed by atoms with Gasteiger partial charge in [-0.3, -0.25) is 9.59 Å². The summed E-state index contributed by atoms with van der Waals surface area (Å²) in [4.78, 5) is 31.8. The number of carbonyl (C=O) groups is 2. The van der Waals surface area contributed by atoms with Crippen LogP contribution in [0.1, 0.15) is 63.5 Å². The third-order valence-corrected chi connectivity index (χ3v) is 9.16. The van der Waals surface area contributed by atoms with Crippen LogP contribution in [0.15, 0.2) is 35.7 Å². The molecule has 3 saturated heterocycles. The molecule has 2 bridgehead atoms. The molecule has 34 heavy (non-hydrogen) atoms. The molecule has 2 amide bonds. The Balaban J connectivity index is 1.20. The molecule has 5 heterocycles. The van der Waals surface area contributed by atoms with Crippen LogP contribution >= 0.6 is 0 Å². The second-order valence-electron chi connectivity index (χ2n) is 11.0. The minimum absolute atomic E-state index is 0.00300. The Morgan fingerprint density at radius 2 is 1.82 bits per heavy atom. The highest BCUT2D eigenvalue weighted by Gasteiger charge is 2.47. The van der Waals surface area contributed by atoms with E-state index < -0.39 is 0 Å². The van der Waals surface area contributed by atoms with Crippen LogP contribution in [0.2, 0.25) is 0 Å². The molecule has 5 aliphatic rings. The smallest absolute Gasteiger partial charge is 0.273 e. The van der Waals surface area contributed by atoms with Gasteiger partial charge in [-0.15, -0.1) is 0 Å². The van der Waals surface area contributed by atoms with E-state index in [1.54, 1.807) is 0 Å². The van der Waals surface area contributed by atoms with Gasteiger partial charge in [0.15, 0.2) is 6.23 Å². The number of fused-ring (bicyclic) bond motifs is 4. The predicted molar refractivity (Wildman–Crippen MR) is 128 cm³/mol. The summed E-state index contributed by atoms with van der Waals surface area (Å²) in [5.41, 5.74) is 3.32. The van der Waals surface area contributed by atoms with Gasteiger partial charge in [0.25, 0.3) is 5.91 Å². The summed E-state index contributed by atoms with van der Waals surface area (Å²) < 4.78 is 5.70. The second kappa shape index (κ2) is 8.29. The maximum atomic E-state index is 13.5. The number of hydrogen-bond acceptors (Lipinski definition) is 5. The van der Waals surface area contributed by atoms with E-state index in [-0.39, 0.29) is 17.6 Å². The highest BCUT2D eigenvalue weighted by atomic mass is 16.5. The van der Waals surface area contributed by atoms with Crippen LogP contribution in [0.3, 0.4) is 0 Å². The van der Waals surface area contributed by atoms with Gasteiger partial charge in [-0.05, 0) is 76.6 Å². The number of piperidine rings is 2. The molecular formula is C27H36N4O3. The third kappa shape index (κ3) is 3.51. The van der Waals surface area contributed by atoms with Crippen LogP contribution < -0.4 is 5.32 Å². The van der Waals surface area contributed by atoms with Crippen molar-refractivity contribution in [2.45, 2.75) is 88.7 Å². The summed E-state index contributed by atoms with van der Waals surface area (Å²) >= 11 is 0. The van der Waals surface area contributed by atoms with Gasteiger partial charge in [0.05, 0.1) is 0 Å². The highest BCUT2D eigenvalue weighted by molar-refractivity contribution is 5.94. The normalized spacial score (nSPS) is 32.4. The van der Waals surface area contributed by atoms with Crippen molar-refractivity contribution in [1.82, 2.24) is 20.0 Å². The monoisotopic (exact) mass is 464 g/mol. The summed E-state index contributed by atoms with van der Waals surface area (Å²) in [5, 5.41) is 3.22. The van der Waals surface area contributed by atoms with Gasteiger partial charge in [-0.1, -0.05) is 24.3 Å². The Kier molecular flexibility index (Phi) is 5.36.